The van der Waals surface area contributed by atoms with Gasteiger partial charge < -0.3 is 5.32 Å². The number of fused-ring (bicyclic) bond motifs is 1. The van der Waals surface area contributed by atoms with Gasteiger partial charge in [0.05, 0.1) is 11.2 Å². The van der Waals surface area contributed by atoms with Crippen LogP contribution in [0.25, 0.3) is 10.9 Å². The van der Waals surface area contributed by atoms with E-state index in [-0.39, 0.29) is 0 Å². The highest BCUT2D eigenvalue weighted by atomic mass is 15.3. The third-order valence-electron chi connectivity index (χ3n) is 4.00. The number of nitrogens with one attached hydrogen (secondary N) is 1. The van der Waals surface area contributed by atoms with E-state index in [2.05, 4.69) is 67.3 Å². The van der Waals surface area contributed by atoms with Crippen LogP contribution in [0.3, 0.4) is 0 Å². The molecule has 0 atom stereocenters. The molecule has 0 saturated carbocycles. The number of nitrogens with zero attached hydrogens (tertiary/aromatic N) is 3. The molecule has 1 heterocycles. The Morgan fingerprint density at radius 3 is 2.48 bits per heavy atom. The molecule has 0 aliphatic heterocycles. The molecular weight excluding hydrogens is 260 g/mol. The number of rotatable bonds is 7. The van der Waals surface area contributed by atoms with Gasteiger partial charge in [0.25, 0.3) is 0 Å². The van der Waals surface area contributed by atoms with E-state index in [4.69, 9.17) is 0 Å². The Bertz CT molecular complexity index is 563. The molecule has 2 rings (SSSR count). The van der Waals surface area contributed by atoms with Gasteiger partial charge in [-0.1, -0.05) is 18.2 Å². The molecule has 0 spiro atoms. The van der Waals surface area contributed by atoms with E-state index in [1.807, 2.05) is 11.7 Å². The molecular formula is C17H28N4. The van der Waals surface area contributed by atoms with Crippen LogP contribution in [-0.4, -0.2) is 39.9 Å². The van der Waals surface area contributed by atoms with E-state index in [0.29, 0.717) is 12.1 Å². The Morgan fingerprint density at radius 2 is 1.81 bits per heavy atom. The Morgan fingerprint density at radius 1 is 1.14 bits per heavy atom. The first-order chi connectivity index (χ1) is 10.0. The highest BCUT2D eigenvalue weighted by Gasteiger charge is 2.12. The first-order valence-electron chi connectivity index (χ1n) is 7.87. The van der Waals surface area contributed by atoms with Gasteiger partial charge in [-0.05, 0) is 33.8 Å². The van der Waals surface area contributed by atoms with E-state index in [1.54, 1.807) is 0 Å². The molecule has 1 aromatic heterocycles. The van der Waals surface area contributed by atoms with Crippen LogP contribution < -0.4 is 5.32 Å². The van der Waals surface area contributed by atoms with Gasteiger partial charge in [-0.15, -0.1) is 0 Å². The summed E-state index contributed by atoms with van der Waals surface area (Å²) in [6, 6.07) is 9.57. The molecule has 0 aliphatic rings. The van der Waals surface area contributed by atoms with Crippen LogP contribution in [0.2, 0.25) is 0 Å². The first-order valence-corrected chi connectivity index (χ1v) is 7.87. The highest BCUT2D eigenvalue weighted by molar-refractivity contribution is 5.81. The second kappa shape index (κ2) is 7.05. The summed E-state index contributed by atoms with van der Waals surface area (Å²) >= 11 is 0. The van der Waals surface area contributed by atoms with Gasteiger partial charge in [-0.2, -0.15) is 5.10 Å². The van der Waals surface area contributed by atoms with Crippen molar-refractivity contribution in [3.8, 4) is 0 Å². The van der Waals surface area contributed by atoms with Gasteiger partial charge in [0, 0.05) is 44.2 Å². The Kier molecular flexibility index (Phi) is 5.37. The second-order valence-electron chi connectivity index (χ2n) is 6.19. The minimum absolute atomic E-state index is 0.586. The number of para-hydroxylation sites is 1. The molecule has 0 fully saturated rings. The molecule has 2 aromatic rings. The van der Waals surface area contributed by atoms with E-state index in [9.17, 15) is 0 Å². The SMILES string of the molecule is CC(C)N(CCNCc1nn(C)c2ccccc12)C(C)C. The van der Waals surface area contributed by atoms with Crippen LogP contribution in [0, 0.1) is 0 Å². The maximum atomic E-state index is 4.62. The maximum absolute atomic E-state index is 4.62. The summed E-state index contributed by atoms with van der Waals surface area (Å²) in [6.45, 7) is 11.9. The lowest BCUT2D eigenvalue weighted by atomic mass is 10.2. The standard InChI is InChI=1S/C17H28N4/c1-13(2)21(14(3)4)11-10-18-12-16-15-8-6-7-9-17(15)20(5)19-16/h6-9,13-14,18H,10-12H2,1-5H3. The van der Waals surface area contributed by atoms with Crippen molar-refractivity contribution in [2.24, 2.45) is 7.05 Å². The smallest absolute Gasteiger partial charge is 0.0841 e. The summed E-state index contributed by atoms with van der Waals surface area (Å²) < 4.78 is 1.96. The Hall–Kier alpha value is -1.39. The van der Waals surface area contributed by atoms with Crippen LogP contribution in [0.5, 0.6) is 0 Å². The highest BCUT2D eigenvalue weighted by Crippen LogP contribution is 2.16. The van der Waals surface area contributed by atoms with Crippen LogP contribution in [0.15, 0.2) is 24.3 Å². The summed E-state index contributed by atoms with van der Waals surface area (Å²) in [5, 5.41) is 9.39. The molecule has 4 heteroatoms. The number of hydrogen-bond donors (Lipinski definition) is 1. The zero-order chi connectivity index (χ0) is 15.4. The lowest BCUT2D eigenvalue weighted by Gasteiger charge is -2.30. The predicted octanol–water partition coefficient (Wildman–Crippen LogP) is 2.78. The molecule has 0 radical (unpaired) electrons. The zero-order valence-corrected chi connectivity index (χ0v) is 13.9. The number of benzene rings is 1. The van der Waals surface area contributed by atoms with Crippen LogP contribution in [0.4, 0.5) is 0 Å². The van der Waals surface area contributed by atoms with E-state index < -0.39 is 0 Å². The molecule has 1 aromatic carbocycles. The van der Waals surface area contributed by atoms with Crippen molar-refractivity contribution in [3.05, 3.63) is 30.0 Å². The molecule has 116 valence electrons. The fourth-order valence-corrected chi connectivity index (χ4v) is 2.95. The lowest BCUT2D eigenvalue weighted by Crippen LogP contribution is -2.41. The summed E-state index contributed by atoms with van der Waals surface area (Å²) in [4.78, 5) is 2.50. The maximum Gasteiger partial charge on any atom is 0.0841 e. The minimum atomic E-state index is 0.586. The van der Waals surface area contributed by atoms with E-state index in [1.165, 1.54) is 10.9 Å². The molecule has 0 unspecified atom stereocenters. The van der Waals surface area contributed by atoms with Crippen LogP contribution in [0.1, 0.15) is 33.4 Å². The quantitative estimate of drug-likeness (QED) is 0.795. The average Bonchev–Trinajstić information content (AvgIpc) is 2.75. The third kappa shape index (κ3) is 3.83. The Balaban J connectivity index is 1.91. The Labute approximate surface area is 128 Å². The van der Waals surface area contributed by atoms with Gasteiger partial charge >= 0.3 is 0 Å². The fourth-order valence-electron chi connectivity index (χ4n) is 2.95. The monoisotopic (exact) mass is 288 g/mol. The van der Waals surface area contributed by atoms with E-state index >= 15 is 0 Å². The van der Waals surface area contributed by atoms with E-state index in [0.717, 1.165) is 25.3 Å². The van der Waals surface area contributed by atoms with Crippen LogP contribution >= 0.6 is 0 Å². The fraction of sp³-hybridized carbons (Fsp3) is 0.588. The number of hydrogen-bond acceptors (Lipinski definition) is 3. The van der Waals surface area contributed by atoms with Crippen molar-refractivity contribution in [2.75, 3.05) is 13.1 Å². The van der Waals surface area contributed by atoms with Crippen molar-refractivity contribution in [1.82, 2.24) is 20.0 Å². The van der Waals surface area contributed by atoms with Gasteiger partial charge in [-0.25, -0.2) is 0 Å². The topological polar surface area (TPSA) is 33.1 Å². The van der Waals surface area contributed by atoms with Crippen LogP contribution in [-0.2, 0) is 13.6 Å². The minimum Gasteiger partial charge on any atom is -0.310 e. The average molecular weight is 288 g/mol. The largest absolute Gasteiger partial charge is 0.310 e. The van der Waals surface area contributed by atoms with Gasteiger partial charge in [0.15, 0.2) is 0 Å². The first kappa shape index (κ1) is 16.0. The molecule has 0 bridgehead atoms. The molecule has 4 nitrogen and oxygen atoms in total. The third-order valence-corrected chi connectivity index (χ3v) is 4.00. The molecule has 21 heavy (non-hydrogen) atoms. The van der Waals surface area contributed by atoms with Crippen molar-refractivity contribution in [1.29, 1.82) is 0 Å². The molecule has 0 amide bonds. The van der Waals surface area contributed by atoms with Gasteiger partial charge in [0.2, 0.25) is 0 Å². The summed E-state index contributed by atoms with van der Waals surface area (Å²) in [6.07, 6.45) is 0. The molecule has 0 saturated heterocycles. The van der Waals surface area contributed by atoms with Crippen molar-refractivity contribution < 1.29 is 0 Å². The normalized spacial score (nSPS) is 12.2. The predicted molar refractivity (Wildman–Crippen MR) is 89.4 cm³/mol. The molecule has 1 N–H and O–H groups in total. The van der Waals surface area contributed by atoms with Crippen molar-refractivity contribution >= 4 is 10.9 Å². The number of aryl methyl sites for hydroxylation is 1. The van der Waals surface area contributed by atoms with Crippen molar-refractivity contribution in [3.63, 3.8) is 0 Å². The second-order valence-corrected chi connectivity index (χ2v) is 6.19. The van der Waals surface area contributed by atoms with Gasteiger partial charge in [-0.3, -0.25) is 9.58 Å². The summed E-state index contributed by atoms with van der Waals surface area (Å²) in [7, 11) is 2.01. The van der Waals surface area contributed by atoms with Crippen molar-refractivity contribution in [2.45, 2.75) is 46.3 Å². The molecule has 0 aliphatic carbocycles. The summed E-state index contributed by atoms with van der Waals surface area (Å²) in [5.74, 6) is 0. The van der Waals surface area contributed by atoms with Gasteiger partial charge in [0.1, 0.15) is 0 Å². The lowest BCUT2D eigenvalue weighted by molar-refractivity contribution is 0.175. The zero-order valence-electron chi connectivity index (χ0n) is 13.9. The number of aromatic nitrogens is 2. The summed E-state index contributed by atoms with van der Waals surface area (Å²) in [5.41, 5.74) is 2.33.